The van der Waals surface area contributed by atoms with Crippen molar-refractivity contribution in [2.45, 2.75) is 51.2 Å². The molecular weight excluding hydrogens is 452 g/mol. The second kappa shape index (κ2) is 10.1. The maximum Gasteiger partial charge on any atom is 0.341 e. The summed E-state index contributed by atoms with van der Waals surface area (Å²) in [6.45, 7) is 8.05. The third-order valence-electron chi connectivity index (χ3n) is 4.97. The molecule has 0 aliphatic carbocycles. The van der Waals surface area contributed by atoms with E-state index < -0.39 is 21.9 Å². The van der Waals surface area contributed by atoms with E-state index in [0.717, 1.165) is 4.88 Å². The smallest absolute Gasteiger partial charge is 0.341 e. The first-order valence-electron chi connectivity index (χ1n) is 10.5. The van der Waals surface area contributed by atoms with Crippen LogP contribution in [0.5, 0.6) is 0 Å². The van der Waals surface area contributed by atoms with Gasteiger partial charge in [-0.1, -0.05) is 13.0 Å². The summed E-state index contributed by atoms with van der Waals surface area (Å²) in [4.78, 5) is 26.1. The summed E-state index contributed by atoms with van der Waals surface area (Å²) in [5, 5.41) is 3.13. The Balaban J connectivity index is 1.85. The Morgan fingerprint density at radius 3 is 2.50 bits per heavy atom. The van der Waals surface area contributed by atoms with Crippen LogP contribution in [0.25, 0.3) is 0 Å². The van der Waals surface area contributed by atoms with E-state index in [4.69, 9.17) is 9.47 Å². The fraction of sp³-hybridized carbons (Fsp3) is 0.455. The van der Waals surface area contributed by atoms with Gasteiger partial charge >= 0.3 is 5.97 Å². The van der Waals surface area contributed by atoms with Crippen molar-refractivity contribution in [1.29, 1.82) is 0 Å². The lowest BCUT2D eigenvalue weighted by Gasteiger charge is -2.34. The summed E-state index contributed by atoms with van der Waals surface area (Å²) in [6.07, 6.45) is 0.276. The highest BCUT2D eigenvalue weighted by Gasteiger charge is 2.32. The van der Waals surface area contributed by atoms with E-state index in [1.165, 1.54) is 39.9 Å². The maximum absolute atomic E-state index is 13.1. The normalized spacial score (nSPS) is 19.5. The number of rotatable bonds is 7. The Labute approximate surface area is 192 Å². The van der Waals surface area contributed by atoms with Gasteiger partial charge in [0, 0.05) is 23.5 Å². The van der Waals surface area contributed by atoms with Crippen molar-refractivity contribution in [1.82, 2.24) is 4.31 Å². The molecule has 174 valence electrons. The van der Waals surface area contributed by atoms with E-state index in [9.17, 15) is 18.0 Å². The zero-order chi connectivity index (χ0) is 23.5. The van der Waals surface area contributed by atoms with Crippen LogP contribution in [-0.4, -0.2) is 56.5 Å². The van der Waals surface area contributed by atoms with Crippen LogP contribution < -0.4 is 5.32 Å². The van der Waals surface area contributed by atoms with Crippen LogP contribution in [0.3, 0.4) is 0 Å². The number of ether oxygens (including phenoxy) is 2. The van der Waals surface area contributed by atoms with Gasteiger partial charge in [0.1, 0.15) is 5.00 Å². The van der Waals surface area contributed by atoms with Crippen molar-refractivity contribution in [3.63, 3.8) is 0 Å². The van der Waals surface area contributed by atoms with Gasteiger partial charge in [0.25, 0.3) is 5.91 Å². The number of morpholine rings is 1. The molecule has 1 aliphatic heterocycles. The molecule has 1 fully saturated rings. The summed E-state index contributed by atoms with van der Waals surface area (Å²) in [5.41, 5.74) is 0.476. The Kier molecular flexibility index (Phi) is 7.71. The molecule has 3 rings (SSSR count). The molecule has 1 N–H and O–H groups in total. The zero-order valence-electron chi connectivity index (χ0n) is 18.6. The standard InChI is InChI=1S/C22H28N2O6S2/c1-5-17-11-19(22(26)29-6-2)21(31-17)23-20(25)16-8-7-9-18(10-16)32(27,28)24-12-14(3)30-15(4)13-24/h7-11,14-15H,5-6,12-13H2,1-4H3,(H,23,25). The number of amides is 1. The fourth-order valence-electron chi connectivity index (χ4n) is 3.52. The Morgan fingerprint density at radius 1 is 1.19 bits per heavy atom. The molecule has 1 aliphatic rings. The Hall–Kier alpha value is -2.27. The van der Waals surface area contributed by atoms with E-state index in [1.54, 1.807) is 13.0 Å². The Bertz CT molecular complexity index is 1090. The number of hydrogen-bond acceptors (Lipinski definition) is 7. The summed E-state index contributed by atoms with van der Waals surface area (Å²) in [5.74, 6) is -1.01. The largest absolute Gasteiger partial charge is 0.462 e. The topological polar surface area (TPSA) is 102 Å². The molecular formula is C22H28N2O6S2. The van der Waals surface area contributed by atoms with Crippen molar-refractivity contribution in [2.24, 2.45) is 0 Å². The molecule has 8 nitrogen and oxygen atoms in total. The van der Waals surface area contributed by atoms with E-state index in [1.807, 2.05) is 20.8 Å². The van der Waals surface area contributed by atoms with Crippen molar-refractivity contribution >= 4 is 38.2 Å². The first-order chi connectivity index (χ1) is 15.1. The second-order valence-corrected chi connectivity index (χ2v) is 10.7. The number of nitrogens with one attached hydrogen (secondary N) is 1. The van der Waals surface area contributed by atoms with Crippen molar-refractivity contribution in [3.05, 3.63) is 46.3 Å². The predicted molar refractivity (Wildman–Crippen MR) is 123 cm³/mol. The lowest BCUT2D eigenvalue weighted by atomic mass is 10.2. The SMILES string of the molecule is CCOC(=O)c1cc(CC)sc1NC(=O)c1cccc(S(=O)(=O)N2CC(C)OC(C)C2)c1. The number of sulfonamides is 1. The lowest BCUT2D eigenvalue weighted by molar-refractivity contribution is -0.0440. The molecule has 1 aromatic carbocycles. The number of nitrogens with zero attached hydrogens (tertiary/aromatic N) is 1. The van der Waals surface area contributed by atoms with Gasteiger partial charge in [0.15, 0.2) is 0 Å². The summed E-state index contributed by atoms with van der Waals surface area (Å²) < 4.78 is 38.4. The molecule has 0 saturated carbocycles. The molecule has 1 amide bonds. The van der Waals surface area contributed by atoms with Gasteiger partial charge < -0.3 is 14.8 Å². The van der Waals surface area contributed by atoms with Crippen molar-refractivity contribution in [3.8, 4) is 0 Å². The second-order valence-electron chi connectivity index (χ2n) is 7.59. The summed E-state index contributed by atoms with van der Waals surface area (Å²) >= 11 is 1.30. The monoisotopic (exact) mass is 480 g/mol. The molecule has 1 aromatic heterocycles. The van der Waals surface area contributed by atoms with Gasteiger partial charge in [-0.2, -0.15) is 4.31 Å². The van der Waals surface area contributed by atoms with E-state index in [0.29, 0.717) is 17.0 Å². The molecule has 0 bridgehead atoms. The van der Waals surface area contributed by atoms with Crippen LogP contribution in [-0.2, 0) is 25.9 Å². The average Bonchev–Trinajstić information content (AvgIpc) is 3.16. The van der Waals surface area contributed by atoms with Crippen LogP contribution in [0.15, 0.2) is 35.2 Å². The molecule has 10 heteroatoms. The van der Waals surface area contributed by atoms with Crippen LogP contribution in [0.4, 0.5) is 5.00 Å². The molecule has 2 atom stereocenters. The number of anilines is 1. The number of thiophene rings is 1. The van der Waals surface area contributed by atoms with Crippen LogP contribution in [0.2, 0.25) is 0 Å². The minimum atomic E-state index is -3.78. The number of benzene rings is 1. The van der Waals surface area contributed by atoms with E-state index >= 15 is 0 Å². The van der Waals surface area contributed by atoms with Gasteiger partial charge in [0.2, 0.25) is 10.0 Å². The van der Waals surface area contributed by atoms with Gasteiger partial charge in [-0.05, 0) is 51.5 Å². The Morgan fingerprint density at radius 2 is 1.88 bits per heavy atom. The quantitative estimate of drug-likeness (QED) is 0.608. The minimum Gasteiger partial charge on any atom is -0.462 e. The number of hydrogen-bond donors (Lipinski definition) is 1. The van der Waals surface area contributed by atoms with Crippen molar-refractivity contribution < 1.29 is 27.5 Å². The van der Waals surface area contributed by atoms with Gasteiger partial charge in [-0.15, -0.1) is 11.3 Å². The van der Waals surface area contributed by atoms with Crippen LogP contribution in [0, 0.1) is 0 Å². The molecule has 2 heterocycles. The third kappa shape index (κ3) is 5.37. The highest BCUT2D eigenvalue weighted by molar-refractivity contribution is 7.89. The number of carbonyl (C=O) groups is 2. The molecule has 0 spiro atoms. The maximum atomic E-state index is 13.1. The summed E-state index contributed by atoms with van der Waals surface area (Å²) in [7, 11) is -3.78. The highest BCUT2D eigenvalue weighted by Crippen LogP contribution is 2.30. The van der Waals surface area contributed by atoms with Gasteiger partial charge in [-0.3, -0.25) is 4.79 Å². The molecule has 32 heavy (non-hydrogen) atoms. The van der Waals surface area contributed by atoms with Crippen molar-refractivity contribution in [2.75, 3.05) is 25.0 Å². The molecule has 2 aromatic rings. The first-order valence-corrected chi connectivity index (χ1v) is 12.8. The highest BCUT2D eigenvalue weighted by atomic mass is 32.2. The molecule has 2 unspecified atom stereocenters. The lowest BCUT2D eigenvalue weighted by Crippen LogP contribution is -2.48. The van der Waals surface area contributed by atoms with Gasteiger partial charge in [-0.25, -0.2) is 13.2 Å². The predicted octanol–water partition coefficient (Wildman–Crippen LogP) is 3.54. The third-order valence-corrected chi connectivity index (χ3v) is 8.00. The zero-order valence-corrected chi connectivity index (χ0v) is 20.2. The van der Waals surface area contributed by atoms with E-state index in [2.05, 4.69) is 5.32 Å². The number of aryl methyl sites for hydroxylation is 1. The van der Waals surface area contributed by atoms with Crippen LogP contribution in [0.1, 0.15) is 53.3 Å². The van der Waals surface area contributed by atoms with E-state index in [-0.39, 0.29) is 42.4 Å². The van der Waals surface area contributed by atoms with Crippen LogP contribution >= 0.6 is 11.3 Å². The molecule has 1 saturated heterocycles. The number of esters is 1. The number of carbonyl (C=O) groups excluding carboxylic acids is 2. The summed E-state index contributed by atoms with van der Waals surface area (Å²) in [6, 6.07) is 7.61. The fourth-order valence-corrected chi connectivity index (χ4v) is 6.13. The average molecular weight is 481 g/mol. The molecule has 0 radical (unpaired) electrons. The van der Waals surface area contributed by atoms with Gasteiger partial charge in [0.05, 0.1) is 29.3 Å². The first kappa shape index (κ1) is 24.4. The minimum absolute atomic E-state index is 0.0393.